The highest BCUT2D eigenvalue weighted by Gasteiger charge is 2.19. The van der Waals surface area contributed by atoms with E-state index >= 15 is 0 Å². The van der Waals surface area contributed by atoms with Crippen molar-refractivity contribution in [1.29, 1.82) is 5.41 Å². The zero-order valence-electron chi connectivity index (χ0n) is 9.34. The number of rotatable bonds is 3. The van der Waals surface area contributed by atoms with Crippen molar-refractivity contribution in [1.82, 2.24) is 4.98 Å². The molecule has 1 aromatic heterocycles. The third-order valence-corrected chi connectivity index (χ3v) is 5.91. The molecule has 0 aliphatic rings. The highest BCUT2D eigenvalue weighted by atomic mass is 127. The van der Waals surface area contributed by atoms with E-state index in [1.165, 1.54) is 0 Å². The maximum Gasteiger partial charge on any atom is 0.630 e. The summed E-state index contributed by atoms with van der Waals surface area (Å²) in [5.74, 6) is 0.332. The lowest BCUT2D eigenvalue weighted by Crippen LogP contribution is -2.24. The molecule has 0 atom stereocenters. The van der Waals surface area contributed by atoms with Crippen molar-refractivity contribution >= 4 is 58.3 Å². The van der Waals surface area contributed by atoms with E-state index in [-0.39, 0.29) is 4.70 Å². The van der Waals surface area contributed by atoms with Gasteiger partial charge in [-0.3, -0.25) is 4.10 Å². The van der Waals surface area contributed by atoms with E-state index in [1.807, 2.05) is 24.3 Å². The molecule has 1 heterocycles. The largest absolute Gasteiger partial charge is 0.630 e. The first-order valence-corrected chi connectivity index (χ1v) is 10.4. The Kier molecular flexibility index (Phi) is 4.11. The van der Waals surface area contributed by atoms with E-state index in [4.69, 9.17) is 16.9 Å². The van der Waals surface area contributed by atoms with Crippen molar-refractivity contribution in [2.24, 2.45) is 14.9 Å². The molecule has 0 amide bonds. The summed E-state index contributed by atoms with van der Waals surface area (Å²) in [5.41, 5.74) is 11.7. The zero-order valence-corrected chi connectivity index (χ0v) is 12.7. The molecule has 6 nitrogen and oxygen atoms in total. The Bertz CT molecular complexity index is 629. The topological polar surface area (TPSA) is 114 Å². The summed E-state index contributed by atoms with van der Waals surface area (Å²) in [5, 5.41) is 13.3. The van der Waals surface area contributed by atoms with Gasteiger partial charge in [0.1, 0.15) is 5.69 Å². The number of hydrogen-bond acceptors (Lipinski definition) is 5. The minimum Gasteiger partial charge on any atom is -0.399 e. The standard InChI is InChI=1S/C9H7N4.CH3N2.Al.HI/c10-9-8(13-11)7-4-2-1-3-6(7)5-12-9;2-1-3;;/h1-5H,(H2,10,12);(H3,2,3);;1H/q-1;;+2;/p-1. The van der Waals surface area contributed by atoms with Gasteiger partial charge in [0.25, 0.3) is 0 Å². The number of nitrogens with zero attached hydrogens (tertiary/aromatic N) is 3. The maximum atomic E-state index is 7.31. The summed E-state index contributed by atoms with van der Waals surface area (Å²) >= 11 is 0.221. The molecule has 90 valence electrons. The molecule has 2 aromatic rings. The molecule has 0 saturated carbocycles. The number of anilines is 1. The first-order chi connectivity index (χ1) is 8.59. The highest BCUT2D eigenvalue weighted by molar-refractivity contribution is 14.1. The fraction of sp³-hybridized carbons (Fsp3) is 0. The first-order valence-electron chi connectivity index (χ1n) is 5.11. The van der Waals surface area contributed by atoms with Crippen LogP contribution in [0.4, 0.5) is 11.5 Å². The van der Waals surface area contributed by atoms with Crippen LogP contribution in [-0.4, -0.2) is 20.8 Å². The van der Waals surface area contributed by atoms with Crippen LogP contribution in [0.3, 0.4) is 0 Å². The van der Waals surface area contributed by atoms with Gasteiger partial charge in [-0.05, 0) is 0 Å². The van der Waals surface area contributed by atoms with Crippen LogP contribution in [0.5, 0.6) is 0 Å². The van der Waals surface area contributed by atoms with Gasteiger partial charge in [0, 0.05) is 17.0 Å². The van der Waals surface area contributed by atoms with Crippen LogP contribution in [0.15, 0.2) is 39.7 Å². The van der Waals surface area contributed by atoms with Gasteiger partial charge in [0.05, 0.1) is 4.70 Å². The van der Waals surface area contributed by atoms with Crippen LogP contribution < -0.4 is 11.5 Å². The average Bonchev–Trinajstić information content (AvgIpc) is 2.37. The highest BCUT2D eigenvalue weighted by Crippen LogP contribution is 2.30. The van der Waals surface area contributed by atoms with Crippen LogP contribution in [0.25, 0.3) is 10.8 Å². The first kappa shape index (κ1) is 13.2. The minimum atomic E-state index is -1.84. The van der Waals surface area contributed by atoms with Crippen LogP contribution in [0.2, 0.25) is 0 Å². The second-order valence-corrected chi connectivity index (χ2v) is 8.65. The van der Waals surface area contributed by atoms with Crippen LogP contribution in [-0.2, 0) is 0 Å². The zero-order chi connectivity index (χ0) is 13.1. The van der Waals surface area contributed by atoms with Gasteiger partial charge in [0.15, 0.2) is 5.82 Å². The number of halogens is 1. The number of nitrogens with one attached hydrogen (secondary N) is 1. The quantitative estimate of drug-likeness (QED) is 0.254. The van der Waals surface area contributed by atoms with Crippen molar-refractivity contribution < 1.29 is 0 Å². The Morgan fingerprint density at radius 1 is 1.39 bits per heavy atom. The number of pyridine rings is 1. The maximum absolute atomic E-state index is 7.31. The van der Waals surface area contributed by atoms with Gasteiger partial charge >= 0.3 is 11.1 Å². The number of amidine groups is 1. The van der Waals surface area contributed by atoms with Crippen molar-refractivity contribution in [2.75, 3.05) is 5.73 Å². The molecular formula is C10H10AlIN6. The van der Waals surface area contributed by atoms with Gasteiger partial charge in [-0.2, -0.15) is 25.4 Å². The predicted molar refractivity (Wildman–Crippen MR) is 82.4 cm³/mol. The van der Waals surface area contributed by atoms with Crippen molar-refractivity contribution in [2.45, 2.75) is 0 Å². The number of aromatic nitrogens is 1. The second-order valence-electron chi connectivity index (χ2n) is 3.59. The summed E-state index contributed by atoms with van der Waals surface area (Å²) in [6, 6.07) is 7.68. The molecule has 0 aliphatic carbocycles. The van der Waals surface area contributed by atoms with Gasteiger partial charge in [-0.1, -0.05) is 24.3 Å². The van der Waals surface area contributed by atoms with Crippen LogP contribution >= 0.6 is 20.3 Å². The number of nitrogen functional groups attached to an aromatic ring is 1. The van der Waals surface area contributed by atoms with Crippen LogP contribution in [0, 0.1) is 5.41 Å². The summed E-state index contributed by atoms with van der Waals surface area (Å²) in [7, 11) is 0. The lowest BCUT2D eigenvalue weighted by molar-refractivity contribution is 1.28. The fourth-order valence-corrected chi connectivity index (χ4v) is 2.15. The number of fused-ring (bicyclic) bond motifs is 1. The third-order valence-electron chi connectivity index (χ3n) is 2.32. The molecule has 0 saturated heterocycles. The molecular weight excluding hydrogens is 358 g/mol. The van der Waals surface area contributed by atoms with E-state index in [0.717, 1.165) is 10.8 Å². The Labute approximate surface area is 119 Å². The third kappa shape index (κ3) is 2.77. The monoisotopic (exact) mass is 368 g/mol. The summed E-state index contributed by atoms with van der Waals surface area (Å²) in [6.45, 7) is 0. The predicted octanol–water partition coefficient (Wildman–Crippen LogP) is 2.30. The Balaban J connectivity index is 2.50. The molecule has 8 heteroatoms. The summed E-state index contributed by atoms with van der Waals surface area (Å²) < 4.78 is 4.17. The smallest absolute Gasteiger partial charge is 0.399 e. The van der Waals surface area contributed by atoms with E-state index in [9.17, 15) is 0 Å². The van der Waals surface area contributed by atoms with Gasteiger partial charge in [-0.15, -0.1) is 0 Å². The SMILES string of the molecule is N=[C](N)[Al]([I])[N]=Nc1c(N)ncc2ccccc12. The molecule has 0 radical (unpaired) electrons. The van der Waals surface area contributed by atoms with Gasteiger partial charge < -0.3 is 16.9 Å². The van der Waals surface area contributed by atoms with Crippen LogP contribution in [0.1, 0.15) is 0 Å². The van der Waals surface area contributed by atoms with Gasteiger partial charge in [0.2, 0.25) is 0 Å². The minimum absolute atomic E-state index is 0.0890. The molecule has 0 unspecified atom stereocenters. The van der Waals surface area contributed by atoms with Crippen molar-refractivity contribution in [3.63, 3.8) is 0 Å². The molecule has 0 aliphatic heterocycles. The lowest BCUT2D eigenvalue weighted by atomic mass is 10.1. The van der Waals surface area contributed by atoms with Crippen molar-refractivity contribution in [3.05, 3.63) is 30.5 Å². The van der Waals surface area contributed by atoms with Crippen molar-refractivity contribution in [3.8, 4) is 0 Å². The molecule has 1 aromatic carbocycles. The summed E-state index contributed by atoms with van der Waals surface area (Å²) in [6.07, 6.45) is 1.70. The molecule has 5 N–H and O–H groups in total. The second kappa shape index (κ2) is 5.60. The van der Waals surface area contributed by atoms with E-state index in [0.29, 0.717) is 11.5 Å². The Morgan fingerprint density at radius 2 is 2.11 bits per heavy atom. The lowest BCUT2D eigenvalue weighted by Gasteiger charge is -2.04. The molecule has 0 bridgehead atoms. The normalized spacial score (nSPS) is 10.9. The Hall–Kier alpha value is -1.24. The number of hydrogen-bond donors (Lipinski definition) is 3. The molecule has 2 rings (SSSR count). The molecule has 18 heavy (non-hydrogen) atoms. The Morgan fingerprint density at radius 3 is 2.83 bits per heavy atom. The average molecular weight is 368 g/mol. The van der Waals surface area contributed by atoms with E-state index in [2.05, 4.69) is 34.5 Å². The molecule has 0 fully saturated rings. The fourth-order valence-electron chi connectivity index (χ4n) is 1.44. The number of benzene rings is 1. The van der Waals surface area contributed by atoms with E-state index in [1.54, 1.807) is 6.20 Å². The molecule has 0 spiro atoms. The number of nitrogens with two attached hydrogens (primary N) is 2. The van der Waals surface area contributed by atoms with E-state index < -0.39 is 11.1 Å². The van der Waals surface area contributed by atoms with Gasteiger partial charge in [-0.25, -0.2) is 4.98 Å². The summed E-state index contributed by atoms with van der Waals surface area (Å²) in [4.78, 5) is 4.08.